The first-order valence-corrected chi connectivity index (χ1v) is 7.17. The summed E-state index contributed by atoms with van der Waals surface area (Å²) < 4.78 is 12.0. The second kappa shape index (κ2) is 6.12. The number of fused-ring (bicyclic) bond motifs is 1. The van der Waals surface area contributed by atoms with Gasteiger partial charge in [0, 0.05) is 24.6 Å². The maximum absolute atomic E-state index is 11.6. The Bertz CT molecular complexity index is 528. The van der Waals surface area contributed by atoms with E-state index in [-0.39, 0.29) is 18.3 Å². The number of amides is 1. The molecule has 21 heavy (non-hydrogen) atoms. The van der Waals surface area contributed by atoms with Crippen molar-refractivity contribution in [2.45, 2.75) is 50.9 Å². The van der Waals surface area contributed by atoms with Gasteiger partial charge in [0.05, 0.1) is 6.04 Å². The predicted octanol–water partition coefficient (Wildman–Crippen LogP) is 2.83. The van der Waals surface area contributed by atoms with Crippen LogP contribution in [0.4, 0.5) is 5.69 Å². The van der Waals surface area contributed by atoms with Gasteiger partial charge in [-0.1, -0.05) is 6.42 Å². The second-order valence-corrected chi connectivity index (χ2v) is 5.61. The maximum Gasteiger partial charge on any atom is 0.251 e. The Kier molecular flexibility index (Phi) is 4.64. The first kappa shape index (κ1) is 15.9. The van der Waals surface area contributed by atoms with Crippen LogP contribution in [0.1, 0.15) is 39.0 Å². The molecule has 1 aliphatic heterocycles. The standard InChI is InChI=1S/C15H20N2O3.ClH/c1-10(16)14(18)17-11-5-6-12-13(9-11)20-15(19-12)7-3-2-4-8-15;/h5-6,9-10H,2-4,7-8,16H2,1H3,(H,17,18);1H. The zero-order chi connectivity index (χ0) is 14.2. The molecule has 0 bridgehead atoms. The molecule has 1 unspecified atom stereocenters. The average Bonchev–Trinajstić information content (AvgIpc) is 2.76. The molecule has 116 valence electrons. The van der Waals surface area contributed by atoms with E-state index in [2.05, 4.69) is 5.32 Å². The van der Waals surface area contributed by atoms with Gasteiger partial charge in [-0.15, -0.1) is 12.4 Å². The van der Waals surface area contributed by atoms with E-state index in [1.807, 2.05) is 12.1 Å². The molecule has 1 aromatic carbocycles. The number of hydrogen-bond acceptors (Lipinski definition) is 4. The SMILES string of the molecule is CC(N)C(=O)Nc1ccc2c(c1)OC1(CCCCC1)O2.Cl. The van der Waals surface area contributed by atoms with E-state index in [4.69, 9.17) is 15.2 Å². The molecule has 1 atom stereocenters. The zero-order valence-corrected chi connectivity index (χ0v) is 12.9. The Hall–Kier alpha value is -1.46. The van der Waals surface area contributed by atoms with E-state index in [9.17, 15) is 4.79 Å². The number of nitrogens with two attached hydrogens (primary N) is 1. The summed E-state index contributed by atoms with van der Waals surface area (Å²) in [6.45, 7) is 1.65. The molecule has 1 aromatic rings. The van der Waals surface area contributed by atoms with Crippen LogP contribution in [0.5, 0.6) is 11.5 Å². The molecule has 1 heterocycles. The highest BCUT2D eigenvalue weighted by Gasteiger charge is 2.42. The van der Waals surface area contributed by atoms with Crippen LogP contribution in [-0.4, -0.2) is 17.7 Å². The molecule has 6 heteroatoms. The smallest absolute Gasteiger partial charge is 0.251 e. The molecule has 1 aliphatic carbocycles. The minimum Gasteiger partial charge on any atom is -0.448 e. The molecule has 1 spiro atoms. The summed E-state index contributed by atoms with van der Waals surface area (Å²) in [6, 6.07) is 4.92. The van der Waals surface area contributed by atoms with Crippen molar-refractivity contribution in [1.29, 1.82) is 0 Å². The van der Waals surface area contributed by atoms with Gasteiger partial charge in [0.25, 0.3) is 5.79 Å². The van der Waals surface area contributed by atoms with Crippen LogP contribution in [0.25, 0.3) is 0 Å². The number of hydrogen-bond donors (Lipinski definition) is 2. The third-order valence-corrected chi connectivity index (χ3v) is 3.83. The zero-order valence-electron chi connectivity index (χ0n) is 12.1. The fraction of sp³-hybridized carbons (Fsp3) is 0.533. The lowest BCUT2D eigenvalue weighted by molar-refractivity contribution is -0.117. The number of rotatable bonds is 2. The van der Waals surface area contributed by atoms with Gasteiger partial charge in [-0.05, 0) is 31.9 Å². The molecule has 3 N–H and O–H groups in total. The first-order chi connectivity index (χ1) is 9.58. The summed E-state index contributed by atoms with van der Waals surface area (Å²) in [4.78, 5) is 11.6. The van der Waals surface area contributed by atoms with Gasteiger partial charge in [-0.3, -0.25) is 4.79 Å². The van der Waals surface area contributed by atoms with Gasteiger partial charge < -0.3 is 20.5 Å². The highest BCUT2D eigenvalue weighted by Crippen LogP contribution is 2.46. The molecule has 3 rings (SSSR count). The van der Waals surface area contributed by atoms with Crippen molar-refractivity contribution in [3.63, 3.8) is 0 Å². The highest BCUT2D eigenvalue weighted by molar-refractivity contribution is 5.94. The van der Waals surface area contributed by atoms with Crippen molar-refractivity contribution in [1.82, 2.24) is 0 Å². The summed E-state index contributed by atoms with van der Waals surface area (Å²) in [6.07, 6.45) is 5.33. The van der Waals surface area contributed by atoms with Gasteiger partial charge in [-0.2, -0.15) is 0 Å². The van der Waals surface area contributed by atoms with Crippen LogP contribution in [0, 0.1) is 0 Å². The molecule has 0 aromatic heterocycles. The summed E-state index contributed by atoms with van der Waals surface area (Å²) in [7, 11) is 0. The Morgan fingerprint density at radius 3 is 2.57 bits per heavy atom. The van der Waals surface area contributed by atoms with E-state index in [0.29, 0.717) is 11.4 Å². The van der Waals surface area contributed by atoms with Gasteiger partial charge >= 0.3 is 0 Å². The number of nitrogens with one attached hydrogen (secondary N) is 1. The number of halogens is 1. The van der Waals surface area contributed by atoms with Gasteiger partial charge in [0.2, 0.25) is 5.91 Å². The summed E-state index contributed by atoms with van der Waals surface area (Å²) >= 11 is 0. The van der Waals surface area contributed by atoms with Crippen LogP contribution < -0.4 is 20.5 Å². The molecular formula is C15H21ClN2O3. The van der Waals surface area contributed by atoms with Crippen molar-refractivity contribution in [2.24, 2.45) is 5.73 Å². The van der Waals surface area contributed by atoms with Crippen molar-refractivity contribution in [3.8, 4) is 11.5 Å². The fourth-order valence-corrected chi connectivity index (χ4v) is 2.72. The highest BCUT2D eigenvalue weighted by atomic mass is 35.5. The average molecular weight is 313 g/mol. The second-order valence-electron chi connectivity index (χ2n) is 5.61. The first-order valence-electron chi connectivity index (χ1n) is 7.17. The summed E-state index contributed by atoms with van der Waals surface area (Å²) in [5.74, 6) is 0.765. The quantitative estimate of drug-likeness (QED) is 0.880. The maximum atomic E-state index is 11.6. The molecule has 2 aliphatic rings. The Morgan fingerprint density at radius 2 is 1.90 bits per heavy atom. The Labute approximate surface area is 130 Å². The summed E-state index contributed by atoms with van der Waals surface area (Å²) in [5.41, 5.74) is 6.22. The predicted molar refractivity (Wildman–Crippen MR) is 83.0 cm³/mol. The molecule has 1 amide bonds. The fourth-order valence-electron chi connectivity index (χ4n) is 2.72. The minimum atomic E-state index is -0.537. The van der Waals surface area contributed by atoms with E-state index in [1.54, 1.807) is 13.0 Å². The van der Waals surface area contributed by atoms with Crippen LogP contribution in [0.15, 0.2) is 18.2 Å². The largest absolute Gasteiger partial charge is 0.448 e. The van der Waals surface area contributed by atoms with Crippen molar-refractivity contribution in [3.05, 3.63) is 18.2 Å². The van der Waals surface area contributed by atoms with Crippen LogP contribution >= 0.6 is 12.4 Å². The number of ether oxygens (including phenoxy) is 2. The monoisotopic (exact) mass is 312 g/mol. The van der Waals surface area contributed by atoms with Crippen LogP contribution in [-0.2, 0) is 4.79 Å². The lowest BCUT2D eigenvalue weighted by atomic mass is 9.94. The number of benzene rings is 1. The molecule has 0 saturated heterocycles. The third kappa shape index (κ3) is 3.24. The Balaban J connectivity index is 0.00000161. The van der Waals surface area contributed by atoms with Crippen molar-refractivity contribution >= 4 is 24.0 Å². The van der Waals surface area contributed by atoms with E-state index in [0.717, 1.165) is 31.4 Å². The molecule has 1 saturated carbocycles. The molecule has 1 fully saturated rings. The normalized spacial score (nSPS) is 19.7. The van der Waals surface area contributed by atoms with E-state index < -0.39 is 11.8 Å². The lowest BCUT2D eigenvalue weighted by Gasteiger charge is -2.31. The minimum absolute atomic E-state index is 0. The summed E-state index contributed by atoms with van der Waals surface area (Å²) in [5, 5.41) is 2.76. The van der Waals surface area contributed by atoms with Crippen LogP contribution in [0.3, 0.4) is 0 Å². The Morgan fingerprint density at radius 1 is 1.24 bits per heavy atom. The van der Waals surface area contributed by atoms with E-state index in [1.165, 1.54) is 6.42 Å². The molecular weight excluding hydrogens is 292 g/mol. The van der Waals surface area contributed by atoms with Gasteiger partial charge in [0.15, 0.2) is 11.5 Å². The number of anilines is 1. The number of carbonyl (C=O) groups excluding carboxylic acids is 1. The third-order valence-electron chi connectivity index (χ3n) is 3.83. The van der Waals surface area contributed by atoms with E-state index >= 15 is 0 Å². The number of carbonyl (C=O) groups is 1. The lowest BCUT2D eigenvalue weighted by Crippen LogP contribution is -2.40. The topological polar surface area (TPSA) is 73.6 Å². The molecule has 0 radical (unpaired) electrons. The van der Waals surface area contributed by atoms with Gasteiger partial charge in [-0.25, -0.2) is 0 Å². The van der Waals surface area contributed by atoms with Gasteiger partial charge in [0.1, 0.15) is 0 Å². The van der Waals surface area contributed by atoms with Crippen LogP contribution in [0.2, 0.25) is 0 Å². The van der Waals surface area contributed by atoms with Crippen molar-refractivity contribution < 1.29 is 14.3 Å². The van der Waals surface area contributed by atoms with Crippen molar-refractivity contribution in [2.75, 3.05) is 5.32 Å². The molecule has 5 nitrogen and oxygen atoms in total.